The Bertz CT molecular complexity index is 1750. The Morgan fingerprint density at radius 1 is 1.22 bits per heavy atom. The predicted molar refractivity (Wildman–Crippen MR) is 169 cm³/mol. The van der Waals surface area contributed by atoms with Gasteiger partial charge in [-0.15, -0.1) is 0 Å². The number of aromatic amines is 1. The second kappa shape index (κ2) is 13.2. The summed E-state index contributed by atoms with van der Waals surface area (Å²) in [5.74, 6) is 0.281. The van der Waals surface area contributed by atoms with Gasteiger partial charge in [0.1, 0.15) is 36.0 Å². The molecule has 0 spiro atoms. The van der Waals surface area contributed by atoms with E-state index >= 15 is 0 Å². The van der Waals surface area contributed by atoms with Crippen LogP contribution in [0.25, 0.3) is 11.2 Å². The normalized spacial score (nSPS) is 22.5. The van der Waals surface area contributed by atoms with Gasteiger partial charge in [-0.05, 0) is 13.8 Å². The Kier molecular flexibility index (Phi) is 9.66. The summed E-state index contributed by atoms with van der Waals surface area (Å²) in [5, 5.41) is 27.0. The molecule has 4 atom stereocenters. The first-order chi connectivity index (χ1) is 21.6. The summed E-state index contributed by atoms with van der Waals surface area (Å²) >= 11 is 1.35. The second-order valence-corrected chi connectivity index (χ2v) is 14.0. The number of aliphatic hydroxyl groups is 2. The first-order valence-electron chi connectivity index (χ1n) is 14.0. The fourth-order valence-corrected chi connectivity index (χ4v) is 6.95. The number of nitrogens with two attached hydrogens (primary N) is 2. The maximum atomic E-state index is 13.0. The number of thioether (sulfide) groups is 1. The molecule has 0 bridgehead atoms. The van der Waals surface area contributed by atoms with Crippen LogP contribution < -0.4 is 27.7 Å². The Morgan fingerprint density at radius 2 is 1.98 bits per heavy atom. The lowest BCUT2D eigenvalue weighted by atomic mass is 9.95. The molecule has 250 valence electrons. The number of amides is 1. The van der Waals surface area contributed by atoms with Gasteiger partial charge in [-0.3, -0.25) is 28.6 Å². The number of ether oxygens (including phenoxy) is 1. The first-order valence-corrected chi connectivity index (χ1v) is 16.9. The average Bonchev–Trinajstić information content (AvgIpc) is 3.50. The molecule has 0 aromatic carbocycles. The van der Waals surface area contributed by atoms with E-state index in [9.17, 15) is 34.2 Å². The fraction of sp³-hybridized carbons (Fsp3) is 0.542. The van der Waals surface area contributed by atoms with Crippen LogP contribution in [0.1, 0.15) is 20.1 Å². The van der Waals surface area contributed by atoms with E-state index in [1.165, 1.54) is 33.9 Å². The molecule has 20 nitrogen and oxygen atoms in total. The van der Waals surface area contributed by atoms with Gasteiger partial charge in [0.15, 0.2) is 29.2 Å². The van der Waals surface area contributed by atoms with Gasteiger partial charge in [0.05, 0.1) is 18.0 Å². The number of hydrogen-bond donors (Lipinski definition) is 9. The molecule has 0 aliphatic carbocycles. The highest BCUT2D eigenvalue weighted by molar-refractivity contribution is 7.99. The van der Waals surface area contributed by atoms with E-state index in [2.05, 4.69) is 40.5 Å². The number of carbonyl (C=O) groups is 1. The van der Waals surface area contributed by atoms with Crippen molar-refractivity contribution >= 4 is 65.4 Å². The number of nitrogen functional groups attached to an aromatic ring is 2. The summed E-state index contributed by atoms with van der Waals surface area (Å²) in [6.45, 7) is 3.70. The van der Waals surface area contributed by atoms with E-state index in [4.69, 9.17) is 16.2 Å². The number of nitrogens with one attached hydrogen (secondary N) is 3. The summed E-state index contributed by atoms with van der Waals surface area (Å²) in [6, 6.07) is 0. The minimum Gasteiger partial charge on any atom is -0.387 e. The van der Waals surface area contributed by atoms with Crippen LogP contribution in [0.5, 0.6) is 0 Å². The highest BCUT2D eigenvalue weighted by Crippen LogP contribution is 2.36. The molecule has 22 heteroatoms. The van der Waals surface area contributed by atoms with Gasteiger partial charge in [0, 0.05) is 31.1 Å². The maximum Gasteiger partial charge on any atom is 0.339 e. The van der Waals surface area contributed by atoms with Gasteiger partial charge in [-0.25, -0.2) is 19.9 Å². The van der Waals surface area contributed by atoms with E-state index in [1.807, 2.05) is 0 Å². The molecular weight excluding hydrogens is 647 g/mol. The molecule has 1 saturated heterocycles. The number of fused-ring (bicyclic) bond motifs is 2. The SMILES string of the molecule is CC1(C)Nc2nc(N)[nH]c(=O)c2N=C1C(=O)NCCN(CCSC[C@H]1O[C@@H](n2cnc3c(N)ncnc32)C(O)C1O)CP(=O)(O)O. The molecule has 3 aromatic rings. The largest absolute Gasteiger partial charge is 0.387 e. The van der Waals surface area contributed by atoms with Crippen molar-refractivity contribution in [2.24, 2.45) is 4.99 Å². The van der Waals surface area contributed by atoms with E-state index in [1.54, 1.807) is 13.8 Å². The highest BCUT2D eigenvalue weighted by Gasteiger charge is 2.44. The van der Waals surface area contributed by atoms with Gasteiger partial charge in [-0.2, -0.15) is 16.7 Å². The molecule has 2 aliphatic rings. The minimum absolute atomic E-state index is 0.0179. The van der Waals surface area contributed by atoms with Gasteiger partial charge >= 0.3 is 7.60 Å². The van der Waals surface area contributed by atoms with Crippen molar-refractivity contribution in [2.75, 3.05) is 54.2 Å². The summed E-state index contributed by atoms with van der Waals surface area (Å²) in [4.78, 5) is 68.8. The van der Waals surface area contributed by atoms with Gasteiger partial charge < -0.3 is 46.8 Å². The van der Waals surface area contributed by atoms with Crippen LogP contribution in [0, 0.1) is 0 Å². The predicted octanol–water partition coefficient (Wildman–Crippen LogP) is -2.04. The van der Waals surface area contributed by atoms with Crippen LogP contribution in [0.4, 0.5) is 23.3 Å². The highest BCUT2D eigenvalue weighted by atomic mass is 32.2. The smallest absolute Gasteiger partial charge is 0.339 e. The van der Waals surface area contributed by atoms with Crippen LogP contribution in [0.3, 0.4) is 0 Å². The standard InChI is InChI=1S/C24H35N12O8PS/c1-24(2)16(31-13-18(34-24)32-23(26)33-20(13)39)21(40)27-3-4-35(10-45(41,42)43)5-6-46-7-11-14(37)15(38)22(44-11)36-9-30-12-17(25)28-8-29-19(12)36/h8-9,11,14-15,22,37-38H,3-7,10H2,1-2H3,(H,27,40)(H2,25,28,29)(H2,41,42,43)(H4,26,32,33,34,39)/t11-,14?,15?,22-/m1/s1. The average molecular weight is 683 g/mol. The van der Waals surface area contributed by atoms with Crippen LogP contribution in [0.2, 0.25) is 0 Å². The molecule has 2 aliphatic heterocycles. The number of aromatic nitrogens is 6. The zero-order chi connectivity index (χ0) is 33.4. The molecule has 0 radical (unpaired) electrons. The molecule has 11 N–H and O–H groups in total. The zero-order valence-electron chi connectivity index (χ0n) is 24.8. The number of carbonyl (C=O) groups excluding carboxylic acids is 1. The molecule has 1 fully saturated rings. The number of hydrogen-bond acceptors (Lipinski definition) is 16. The maximum absolute atomic E-state index is 13.0. The van der Waals surface area contributed by atoms with Crippen LogP contribution >= 0.6 is 19.4 Å². The van der Waals surface area contributed by atoms with Crippen molar-refractivity contribution in [3.63, 3.8) is 0 Å². The van der Waals surface area contributed by atoms with E-state index in [0.29, 0.717) is 16.9 Å². The Hall–Kier alpha value is -3.69. The van der Waals surface area contributed by atoms with Crippen molar-refractivity contribution in [1.82, 2.24) is 39.7 Å². The quantitative estimate of drug-likeness (QED) is 0.0734. The van der Waals surface area contributed by atoms with Crippen LogP contribution in [-0.4, -0.2) is 127 Å². The van der Waals surface area contributed by atoms with Gasteiger partial charge in [0.2, 0.25) is 5.95 Å². The molecule has 5 rings (SSSR count). The van der Waals surface area contributed by atoms with Gasteiger partial charge in [-0.1, -0.05) is 0 Å². The van der Waals surface area contributed by atoms with E-state index in [-0.39, 0.29) is 54.4 Å². The van der Waals surface area contributed by atoms with Crippen molar-refractivity contribution in [3.8, 4) is 0 Å². The molecule has 1 amide bonds. The molecule has 3 aromatic heterocycles. The number of anilines is 3. The van der Waals surface area contributed by atoms with Crippen molar-refractivity contribution in [2.45, 2.75) is 43.9 Å². The number of aliphatic hydroxyl groups excluding tert-OH is 2. The monoisotopic (exact) mass is 682 g/mol. The van der Waals surface area contributed by atoms with Crippen molar-refractivity contribution in [1.29, 1.82) is 0 Å². The van der Waals surface area contributed by atoms with Crippen molar-refractivity contribution < 1.29 is 34.1 Å². The van der Waals surface area contributed by atoms with Gasteiger partial charge in [0.25, 0.3) is 11.5 Å². The fourth-order valence-electron chi connectivity index (χ4n) is 5.09. The lowest BCUT2D eigenvalue weighted by molar-refractivity contribution is -0.115. The number of imidazole rings is 1. The molecule has 2 unspecified atom stereocenters. The lowest BCUT2D eigenvalue weighted by Gasteiger charge is -2.32. The number of aliphatic imine (C=N–C) groups is 1. The molecule has 46 heavy (non-hydrogen) atoms. The molecule has 5 heterocycles. The minimum atomic E-state index is -4.44. The second-order valence-electron chi connectivity index (χ2n) is 11.2. The van der Waals surface area contributed by atoms with Crippen LogP contribution in [-0.2, 0) is 14.1 Å². The van der Waals surface area contributed by atoms with E-state index < -0.39 is 55.4 Å². The topological polar surface area (TPSA) is 305 Å². The van der Waals surface area contributed by atoms with E-state index in [0.717, 1.165) is 0 Å². The summed E-state index contributed by atoms with van der Waals surface area (Å²) in [6.07, 6.45) is -2.10. The molecule has 0 saturated carbocycles. The number of rotatable bonds is 12. The van der Waals surface area contributed by atoms with Crippen molar-refractivity contribution in [3.05, 3.63) is 23.0 Å². The zero-order valence-corrected chi connectivity index (χ0v) is 26.5. The Morgan fingerprint density at radius 3 is 2.72 bits per heavy atom. The Labute approximate surface area is 265 Å². The summed E-state index contributed by atoms with van der Waals surface area (Å²) < 4.78 is 19.2. The first kappa shape index (κ1) is 33.7. The summed E-state index contributed by atoms with van der Waals surface area (Å²) in [7, 11) is -4.44. The summed E-state index contributed by atoms with van der Waals surface area (Å²) in [5.41, 5.74) is 10.4. The third-order valence-electron chi connectivity index (χ3n) is 7.31. The number of nitrogens with zero attached hydrogens (tertiary/aromatic N) is 7. The number of H-pyrrole nitrogens is 1. The lowest BCUT2D eigenvalue weighted by Crippen LogP contribution is -2.51. The third-order valence-corrected chi connectivity index (χ3v) is 9.11. The third kappa shape index (κ3) is 7.31. The van der Waals surface area contributed by atoms with Crippen LogP contribution in [0.15, 0.2) is 22.4 Å². The Balaban J connectivity index is 1.14. The molecular formula is C24H35N12O8PS.